The van der Waals surface area contributed by atoms with Crippen LogP contribution in [0.2, 0.25) is 0 Å². The van der Waals surface area contributed by atoms with Gasteiger partial charge in [0.15, 0.2) is 17.1 Å². The molecule has 1 aliphatic carbocycles. The largest absolute Gasteiger partial charge is 0.379 e. The smallest absolute Gasteiger partial charge is 0.175 e. The molecule has 10 nitrogen and oxygen atoms in total. The Balaban J connectivity index is 1.37. The van der Waals surface area contributed by atoms with Gasteiger partial charge in [0.1, 0.15) is 11.8 Å². The number of nitrogens with one attached hydrogen (secondary N) is 1. The second kappa shape index (κ2) is 12.9. The van der Waals surface area contributed by atoms with Crippen LogP contribution in [-0.4, -0.2) is 60.7 Å². The molecule has 2 fully saturated rings. The minimum absolute atomic E-state index is 0.0329. The van der Waals surface area contributed by atoms with Crippen molar-refractivity contribution in [1.29, 1.82) is 0 Å². The Morgan fingerprint density at radius 1 is 0.800 bits per heavy atom. The highest BCUT2D eigenvalue weighted by atomic mass is 32.1. The minimum atomic E-state index is -1.07. The third-order valence-electron chi connectivity index (χ3n) is 12.2. The summed E-state index contributed by atoms with van der Waals surface area (Å²) in [6.07, 6.45) is 13.1. The quantitative estimate of drug-likeness (QED) is 0.168. The van der Waals surface area contributed by atoms with Crippen molar-refractivity contribution >= 4 is 49.9 Å². The standard InChI is InChI=1S/C44H38N8O2S/c1-4-12-33-29(8-1)17-21-45-41(33)43(36-19-27-55-50-36)39(40-32-11-3-2-9-31(32)28-47-40)34-13-5-6-14-35(34)44(51-22-25-53-26-23-51,52(43)38-18-24-54-49-38)37-16-15-30-10-7-20-46-42(30)48-37/h1-4,7-12,14-21,24,27-28,34,39,47H,5-6,13,22-23,25-26H2. The molecule has 8 heterocycles. The van der Waals surface area contributed by atoms with E-state index in [2.05, 4.69) is 111 Å². The molecule has 8 aromatic rings. The third kappa shape index (κ3) is 4.70. The molecule has 11 rings (SSSR count). The lowest BCUT2D eigenvalue weighted by Gasteiger charge is -2.66. The number of pyridine rings is 3. The van der Waals surface area contributed by atoms with Gasteiger partial charge in [0.25, 0.3) is 0 Å². The van der Waals surface area contributed by atoms with Gasteiger partial charge in [-0.2, -0.15) is 4.37 Å². The van der Waals surface area contributed by atoms with E-state index in [-0.39, 0.29) is 11.8 Å². The summed E-state index contributed by atoms with van der Waals surface area (Å²) in [5.41, 5.74) is 3.76. The number of morpholine rings is 1. The summed E-state index contributed by atoms with van der Waals surface area (Å²) in [4.78, 5) is 24.8. The van der Waals surface area contributed by atoms with Crippen molar-refractivity contribution in [2.75, 3.05) is 31.2 Å². The first-order chi connectivity index (χ1) is 27.3. The average molecular weight is 743 g/mol. The number of aromatic amines is 1. The highest BCUT2D eigenvalue weighted by molar-refractivity contribution is 7.03. The monoisotopic (exact) mass is 742 g/mol. The number of benzene rings is 2. The number of anilines is 1. The van der Waals surface area contributed by atoms with Crippen LogP contribution in [0.3, 0.4) is 0 Å². The van der Waals surface area contributed by atoms with Crippen molar-refractivity contribution in [1.82, 2.24) is 34.4 Å². The van der Waals surface area contributed by atoms with Crippen LogP contribution >= 0.6 is 11.5 Å². The molecule has 4 atom stereocenters. The number of H-pyrrole nitrogens is 1. The Labute approximate surface area is 321 Å². The van der Waals surface area contributed by atoms with Gasteiger partial charge in [0, 0.05) is 70.9 Å². The van der Waals surface area contributed by atoms with E-state index in [4.69, 9.17) is 33.7 Å². The summed E-state index contributed by atoms with van der Waals surface area (Å²) in [6.45, 7) is 2.51. The maximum Gasteiger partial charge on any atom is 0.175 e. The van der Waals surface area contributed by atoms with Gasteiger partial charge in [-0.15, -0.1) is 0 Å². The van der Waals surface area contributed by atoms with Gasteiger partial charge in [-0.1, -0.05) is 59.8 Å². The van der Waals surface area contributed by atoms with E-state index in [9.17, 15) is 0 Å². The number of allylic oxidation sites excluding steroid dienone is 1. The van der Waals surface area contributed by atoms with Crippen LogP contribution in [-0.2, 0) is 15.9 Å². The van der Waals surface area contributed by atoms with Gasteiger partial charge in [-0.25, -0.2) is 9.97 Å². The van der Waals surface area contributed by atoms with Gasteiger partial charge in [-0.3, -0.25) is 9.88 Å². The van der Waals surface area contributed by atoms with Gasteiger partial charge in [0.2, 0.25) is 0 Å². The van der Waals surface area contributed by atoms with Crippen molar-refractivity contribution < 1.29 is 9.26 Å². The lowest BCUT2D eigenvalue weighted by Crippen LogP contribution is -2.74. The second-order valence-corrected chi connectivity index (χ2v) is 15.4. The molecule has 11 heteroatoms. The first kappa shape index (κ1) is 32.7. The zero-order valence-corrected chi connectivity index (χ0v) is 30.9. The fourth-order valence-corrected chi connectivity index (χ4v) is 10.7. The topological polar surface area (TPSA) is 109 Å². The molecule has 0 radical (unpaired) electrons. The van der Waals surface area contributed by atoms with Crippen LogP contribution in [0, 0.1) is 5.92 Å². The average Bonchev–Trinajstić information content (AvgIpc) is 4.07. The van der Waals surface area contributed by atoms with Gasteiger partial charge >= 0.3 is 0 Å². The molecule has 272 valence electrons. The van der Waals surface area contributed by atoms with Crippen molar-refractivity contribution in [3.05, 3.63) is 156 Å². The molecule has 2 saturated heterocycles. The Morgan fingerprint density at radius 3 is 2.51 bits per heavy atom. The Kier molecular flexibility index (Phi) is 7.68. The number of ether oxygens (including phenoxy) is 1. The van der Waals surface area contributed by atoms with Gasteiger partial charge in [-0.05, 0) is 89.5 Å². The zero-order chi connectivity index (χ0) is 36.4. The predicted octanol–water partition coefficient (Wildman–Crippen LogP) is 8.56. The van der Waals surface area contributed by atoms with Crippen molar-refractivity contribution in [3.8, 4) is 0 Å². The Bertz CT molecular complexity index is 2680. The van der Waals surface area contributed by atoms with E-state index in [1.807, 2.05) is 24.5 Å². The molecule has 0 saturated carbocycles. The SMILES string of the molecule is C1=C2C(CCC1)C(c1[nH]cc3ccccc13)C(c1ccsn1)(c1nccc3ccccc13)N(c1ccon1)C2(c1ccc2cccnc2n1)N1CCOCC1. The van der Waals surface area contributed by atoms with E-state index >= 15 is 0 Å². The Hall–Kier alpha value is -5.75. The molecule has 6 aromatic heterocycles. The summed E-state index contributed by atoms with van der Waals surface area (Å²) >= 11 is 1.46. The number of nitrogens with zero attached hydrogens (tertiary/aromatic N) is 7. The molecule has 0 bridgehead atoms. The number of hydrogen-bond donors (Lipinski definition) is 1. The molecule has 0 amide bonds. The predicted molar refractivity (Wildman–Crippen MR) is 214 cm³/mol. The van der Waals surface area contributed by atoms with E-state index in [0.29, 0.717) is 37.8 Å². The van der Waals surface area contributed by atoms with E-state index in [1.54, 1.807) is 6.26 Å². The summed E-state index contributed by atoms with van der Waals surface area (Å²) in [6, 6.07) is 32.0. The van der Waals surface area contributed by atoms with Crippen LogP contribution in [0.15, 0.2) is 137 Å². The fourth-order valence-electron chi connectivity index (χ4n) is 10.2. The van der Waals surface area contributed by atoms with Crippen molar-refractivity contribution in [2.24, 2.45) is 5.92 Å². The molecule has 0 spiro atoms. The van der Waals surface area contributed by atoms with Crippen LogP contribution in [0.1, 0.15) is 48.0 Å². The molecule has 4 unspecified atom stereocenters. The number of hydrogen-bond acceptors (Lipinski definition) is 10. The maximum absolute atomic E-state index is 6.12. The molecule has 2 aliphatic heterocycles. The van der Waals surface area contributed by atoms with Crippen LogP contribution < -0.4 is 4.90 Å². The number of piperidine rings is 1. The molecule has 1 N–H and O–H groups in total. The summed E-state index contributed by atoms with van der Waals surface area (Å²) in [5, 5.41) is 12.5. The minimum Gasteiger partial charge on any atom is -0.379 e. The lowest BCUT2D eigenvalue weighted by molar-refractivity contribution is -0.0406. The summed E-state index contributed by atoms with van der Waals surface area (Å²) in [5.74, 6) is 0.497. The molecular formula is C44H38N8O2S. The van der Waals surface area contributed by atoms with Crippen LogP contribution in [0.25, 0.3) is 32.6 Å². The van der Waals surface area contributed by atoms with E-state index in [1.165, 1.54) is 22.5 Å². The third-order valence-corrected chi connectivity index (χ3v) is 12.7. The van der Waals surface area contributed by atoms with Gasteiger partial charge < -0.3 is 19.1 Å². The van der Waals surface area contributed by atoms with Crippen LogP contribution in [0.4, 0.5) is 5.82 Å². The highest BCUT2D eigenvalue weighted by Gasteiger charge is 2.69. The Morgan fingerprint density at radius 2 is 1.65 bits per heavy atom. The summed E-state index contributed by atoms with van der Waals surface area (Å²) in [7, 11) is 0. The van der Waals surface area contributed by atoms with Crippen molar-refractivity contribution in [2.45, 2.75) is 36.4 Å². The number of fused-ring (bicyclic) bond motifs is 4. The highest BCUT2D eigenvalue weighted by Crippen LogP contribution is 2.66. The maximum atomic E-state index is 6.12. The normalized spacial score (nSPS) is 24.7. The second-order valence-electron chi connectivity index (χ2n) is 14.7. The van der Waals surface area contributed by atoms with E-state index in [0.717, 1.165) is 63.6 Å². The zero-order valence-electron chi connectivity index (χ0n) is 30.1. The molecule has 55 heavy (non-hydrogen) atoms. The molecule has 2 aromatic carbocycles. The van der Waals surface area contributed by atoms with Crippen LogP contribution in [0.5, 0.6) is 0 Å². The van der Waals surface area contributed by atoms with Gasteiger partial charge in [0.05, 0.1) is 30.3 Å². The first-order valence-electron chi connectivity index (χ1n) is 19.1. The lowest BCUT2D eigenvalue weighted by atomic mass is 9.56. The summed E-state index contributed by atoms with van der Waals surface area (Å²) < 4.78 is 17.4. The first-order valence-corrected chi connectivity index (χ1v) is 19.9. The molecule has 3 aliphatic rings. The molecular weight excluding hydrogens is 705 g/mol. The number of rotatable bonds is 6. The van der Waals surface area contributed by atoms with E-state index < -0.39 is 11.2 Å². The fraction of sp³-hybridized carbons (Fsp3) is 0.250. The number of aromatic nitrogens is 6. The van der Waals surface area contributed by atoms with Crippen molar-refractivity contribution in [3.63, 3.8) is 0 Å².